The van der Waals surface area contributed by atoms with Crippen molar-refractivity contribution in [2.45, 2.75) is 69.4 Å². The summed E-state index contributed by atoms with van der Waals surface area (Å²) in [6, 6.07) is 11.7. The summed E-state index contributed by atoms with van der Waals surface area (Å²) in [5.74, 6) is 0.608. The molecule has 9 heteroatoms. The molecule has 0 bridgehead atoms. The van der Waals surface area contributed by atoms with Crippen LogP contribution in [0.15, 0.2) is 41.3 Å². The third-order valence-electron chi connectivity index (χ3n) is 7.96. The highest BCUT2D eigenvalue weighted by Gasteiger charge is 2.37. The number of likely N-dealkylation sites (tertiary alicyclic amines) is 1. The number of rotatable bonds is 9. The Labute approximate surface area is 233 Å². The van der Waals surface area contributed by atoms with E-state index in [1.54, 1.807) is 37.4 Å². The minimum atomic E-state index is -3.71. The molecule has 8 nitrogen and oxygen atoms in total. The monoisotopic (exact) mass is 557 g/mol. The summed E-state index contributed by atoms with van der Waals surface area (Å²) in [5.41, 5.74) is 3.61. The van der Waals surface area contributed by atoms with Crippen LogP contribution in [0.2, 0.25) is 0 Å². The van der Waals surface area contributed by atoms with Gasteiger partial charge in [0.25, 0.3) is 0 Å². The van der Waals surface area contributed by atoms with Crippen molar-refractivity contribution in [1.29, 1.82) is 0 Å². The van der Waals surface area contributed by atoms with Gasteiger partial charge in [0, 0.05) is 38.9 Å². The van der Waals surface area contributed by atoms with Crippen LogP contribution in [0, 0.1) is 13.8 Å². The number of sulfonamides is 1. The number of methoxy groups -OCH3 is 1. The van der Waals surface area contributed by atoms with E-state index in [4.69, 9.17) is 9.47 Å². The minimum absolute atomic E-state index is 0.0317. The van der Waals surface area contributed by atoms with Gasteiger partial charge in [0.1, 0.15) is 12.4 Å². The van der Waals surface area contributed by atoms with Crippen molar-refractivity contribution in [3.63, 3.8) is 0 Å². The maximum absolute atomic E-state index is 13.7. The van der Waals surface area contributed by atoms with Gasteiger partial charge in [0.05, 0.1) is 24.7 Å². The van der Waals surface area contributed by atoms with Crippen molar-refractivity contribution in [2.24, 2.45) is 0 Å². The minimum Gasteiger partial charge on any atom is -0.497 e. The van der Waals surface area contributed by atoms with E-state index in [1.165, 1.54) is 0 Å². The SMILES string of the molecule is COc1cc(C)c(S(=O)(=O)N2CCCC2COCC(=O)N2CCCCCC2c2ccc(N(C)C)cc2)c(C)c1. The number of carbonyl (C=O) groups excluding carboxylic acids is 1. The van der Waals surface area contributed by atoms with Gasteiger partial charge >= 0.3 is 0 Å². The molecular formula is C30H43N3O5S. The predicted octanol–water partition coefficient (Wildman–Crippen LogP) is 4.69. The first-order valence-electron chi connectivity index (χ1n) is 13.9. The molecule has 2 aliphatic heterocycles. The van der Waals surface area contributed by atoms with Crippen molar-refractivity contribution in [3.05, 3.63) is 53.1 Å². The van der Waals surface area contributed by atoms with Gasteiger partial charge in [-0.05, 0) is 80.5 Å². The Morgan fingerprint density at radius 1 is 0.974 bits per heavy atom. The number of nitrogens with zero attached hydrogens (tertiary/aromatic N) is 3. The number of anilines is 1. The van der Waals surface area contributed by atoms with Crippen molar-refractivity contribution in [1.82, 2.24) is 9.21 Å². The molecule has 214 valence electrons. The second kappa shape index (κ2) is 12.7. The largest absolute Gasteiger partial charge is 0.497 e. The average Bonchev–Trinajstić information content (AvgIpc) is 3.24. The lowest BCUT2D eigenvalue weighted by Crippen LogP contribution is -2.41. The predicted molar refractivity (Wildman–Crippen MR) is 154 cm³/mol. The van der Waals surface area contributed by atoms with Gasteiger partial charge < -0.3 is 19.3 Å². The van der Waals surface area contributed by atoms with E-state index in [9.17, 15) is 13.2 Å². The Morgan fingerprint density at radius 3 is 2.31 bits per heavy atom. The summed E-state index contributed by atoms with van der Waals surface area (Å²) in [6.45, 7) is 4.92. The van der Waals surface area contributed by atoms with Crippen LogP contribution >= 0.6 is 0 Å². The van der Waals surface area contributed by atoms with E-state index in [0.717, 1.165) is 43.4 Å². The highest BCUT2D eigenvalue weighted by Crippen LogP contribution is 2.33. The maximum atomic E-state index is 13.7. The highest BCUT2D eigenvalue weighted by molar-refractivity contribution is 7.89. The Balaban J connectivity index is 1.42. The molecule has 2 unspecified atom stereocenters. The van der Waals surface area contributed by atoms with E-state index in [2.05, 4.69) is 29.2 Å². The number of hydrogen-bond donors (Lipinski definition) is 0. The van der Waals surface area contributed by atoms with Crippen molar-refractivity contribution in [3.8, 4) is 5.75 Å². The van der Waals surface area contributed by atoms with Gasteiger partial charge in [0.2, 0.25) is 15.9 Å². The fourth-order valence-corrected chi connectivity index (χ4v) is 8.05. The van der Waals surface area contributed by atoms with E-state index < -0.39 is 10.0 Å². The van der Waals surface area contributed by atoms with Crippen LogP contribution in [0.25, 0.3) is 0 Å². The molecule has 0 aromatic heterocycles. The van der Waals surface area contributed by atoms with Crippen LogP contribution in [0.4, 0.5) is 5.69 Å². The first-order chi connectivity index (χ1) is 18.6. The normalized spacial score (nSPS) is 20.6. The molecule has 0 saturated carbocycles. The van der Waals surface area contributed by atoms with Gasteiger partial charge in [-0.15, -0.1) is 0 Å². The third-order valence-corrected chi connectivity index (χ3v) is 10.2. The van der Waals surface area contributed by atoms with E-state index in [1.807, 2.05) is 19.0 Å². The maximum Gasteiger partial charge on any atom is 0.249 e. The Bertz CT molecular complexity index is 1220. The van der Waals surface area contributed by atoms with Crippen LogP contribution < -0.4 is 9.64 Å². The highest BCUT2D eigenvalue weighted by atomic mass is 32.2. The lowest BCUT2D eigenvalue weighted by Gasteiger charge is -2.31. The molecule has 2 heterocycles. The molecule has 4 rings (SSSR count). The lowest BCUT2D eigenvalue weighted by molar-refractivity contribution is -0.139. The number of ether oxygens (including phenoxy) is 2. The van der Waals surface area contributed by atoms with E-state index >= 15 is 0 Å². The molecule has 2 fully saturated rings. The third kappa shape index (κ3) is 6.58. The number of amides is 1. The second-order valence-electron chi connectivity index (χ2n) is 11.0. The smallest absolute Gasteiger partial charge is 0.249 e. The molecule has 0 N–H and O–H groups in total. The fraction of sp³-hybridized carbons (Fsp3) is 0.567. The van der Waals surface area contributed by atoms with Crippen LogP contribution in [-0.2, 0) is 19.6 Å². The number of aryl methyl sites for hydroxylation is 2. The molecule has 2 aliphatic rings. The Kier molecular flexibility index (Phi) is 9.56. The zero-order valence-corrected chi connectivity index (χ0v) is 24.8. The topological polar surface area (TPSA) is 79.4 Å². The molecular weight excluding hydrogens is 514 g/mol. The zero-order valence-electron chi connectivity index (χ0n) is 24.0. The molecule has 1 amide bonds. The summed E-state index contributed by atoms with van der Waals surface area (Å²) >= 11 is 0. The van der Waals surface area contributed by atoms with E-state index in [-0.39, 0.29) is 31.2 Å². The van der Waals surface area contributed by atoms with Gasteiger partial charge in [-0.25, -0.2) is 8.42 Å². The van der Waals surface area contributed by atoms with Crippen LogP contribution in [-0.4, -0.2) is 77.1 Å². The molecule has 0 aliphatic carbocycles. The first kappa shape index (κ1) is 29.4. The summed E-state index contributed by atoms with van der Waals surface area (Å²) in [5, 5.41) is 0. The standard InChI is InChI=1S/C30H43N3O5S/c1-22-18-27(37-5)19-23(2)30(22)39(35,36)33-17-9-10-26(33)20-38-21-29(34)32-16-8-6-7-11-28(32)24-12-14-25(15-13-24)31(3)4/h12-15,18-19,26,28H,6-11,16-17,20-21H2,1-5H3. The van der Waals surface area contributed by atoms with Crippen LogP contribution in [0.3, 0.4) is 0 Å². The zero-order chi connectivity index (χ0) is 28.2. The number of hydrogen-bond acceptors (Lipinski definition) is 6. The molecule has 39 heavy (non-hydrogen) atoms. The summed E-state index contributed by atoms with van der Waals surface area (Å²) in [7, 11) is 1.91. The molecule has 0 spiro atoms. The van der Waals surface area contributed by atoms with Crippen LogP contribution in [0.1, 0.15) is 61.3 Å². The summed E-state index contributed by atoms with van der Waals surface area (Å²) < 4.78 is 40.2. The summed E-state index contributed by atoms with van der Waals surface area (Å²) in [6.07, 6.45) is 5.59. The van der Waals surface area contributed by atoms with Crippen molar-refractivity contribution < 1.29 is 22.7 Å². The second-order valence-corrected chi connectivity index (χ2v) is 12.8. The average molecular weight is 558 g/mol. The first-order valence-corrected chi connectivity index (χ1v) is 15.4. The Morgan fingerprint density at radius 2 is 1.67 bits per heavy atom. The van der Waals surface area contributed by atoms with Gasteiger partial charge in [-0.3, -0.25) is 4.79 Å². The van der Waals surface area contributed by atoms with E-state index in [0.29, 0.717) is 41.3 Å². The van der Waals surface area contributed by atoms with Crippen molar-refractivity contribution in [2.75, 3.05) is 52.4 Å². The molecule has 2 atom stereocenters. The number of benzene rings is 2. The molecule has 2 saturated heterocycles. The molecule has 2 aromatic rings. The molecule has 0 radical (unpaired) electrons. The summed E-state index contributed by atoms with van der Waals surface area (Å²) in [4.78, 5) is 17.7. The molecule has 2 aromatic carbocycles. The van der Waals surface area contributed by atoms with Crippen LogP contribution in [0.5, 0.6) is 5.75 Å². The number of carbonyl (C=O) groups is 1. The fourth-order valence-electron chi connectivity index (χ4n) is 5.96. The van der Waals surface area contributed by atoms with Gasteiger partial charge in [-0.2, -0.15) is 4.31 Å². The van der Waals surface area contributed by atoms with Gasteiger partial charge in [0.15, 0.2) is 0 Å². The van der Waals surface area contributed by atoms with Crippen molar-refractivity contribution >= 4 is 21.6 Å². The quantitative estimate of drug-likeness (QED) is 0.445. The Hall–Kier alpha value is -2.62. The lowest BCUT2D eigenvalue weighted by atomic mass is 10.0. The van der Waals surface area contributed by atoms with Gasteiger partial charge in [-0.1, -0.05) is 25.0 Å².